The van der Waals surface area contributed by atoms with Crippen molar-refractivity contribution in [3.63, 3.8) is 0 Å². The van der Waals surface area contributed by atoms with Crippen molar-refractivity contribution in [2.24, 2.45) is 5.73 Å². The van der Waals surface area contributed by atoms with Crippen molar-refractivity contribution in [3.05, 3.63) is 23.7 Å². The summed E-state index contributed by atoms with van der Waals surface area (Å²) in [4.78, 5) is 24.2. The maximum absolute atomic E-state index is 11.1. The summed E-state index contributed by atoms with van der Waals surface area (Å²) in [5.74, 6) is 0.649. The van der Waals surface area contributed by atoms with Crippen LogP contribution in [0.3, 0.4) is 0 Å². The van der Waals surface area contributed by atoms with E-state index in [2.05, 4.69) is 4.90 Å². The summed E-state index contributed by atoms with van der Waals surface area (Å²) in [6, 6.07) is 3.42. The van der Waals surface area contributed by atoms with Crippen molar-refractivity contribution in [3.8, 4) is 0 Å². The van der Waals surface area contributed by atoms with Gasteiger partial charge < -0.3 is 10.2 Å². The molecular weight excluding hydrogens is 220 g/mol. The first-order valence-corrected chi connectivity index (χ1v) is 5.73. The summed E-state index contributed by atoms with van der Waals surface area (Å²) in [6.45, 7) is 3.48. The van der Waals surface area contributed by atoms with E-state index >= 15 is 0 Å². The molecule has 5 heteroatoms. The van der Waals surface area contributed by atoms with Crippen molar-refractivity contribution < 1.29 is 14.0 Å². The molecule has 0 saturated carbocycles. The predicted molar refractivity (Wildman–Crippen MR) is 61.5 cm³/mol. The fourth-order valence-corrected chi connectivity index (χ4v) is 2.05. The van der Waals surface area contributed by atoms with Crippen molar-refractivity contribution in [2.75, 3.05) is 13.1 Å². The molecule has 2 N–H and O–H groups in total. The van der Waals surface area contributed by atoms with Gasteiger partial charge in [0.1, 0.15) is 11.5 Å². The van der Waals surface area contributed by atoms with E-state index < -0.39 is 5.91 Å². The Morgan fingerprint density at radius 3 is 2.59 bits per heavy atom. The molecule has 1 saturated heterocycles. The molecule has 1 aliphatic heterocycles. The minimum Gasteiger partial charge on any atom is -0.454 e. The van der Waals surface area contributed by atoms with Crippen LogP contribution in [0, 0.1) is 0 Å². The SMILES string of the molecule is CC(c1ccc(C(N)=O)o1)N1CCC(=O)CC1. The van der Waals surface area contributed by atoms with Gasteiger partial charge in [0.05, 0.1) is 6.04 Å². The Hall–Kier alpha value is -1.62. The first kappa shape index (κ1) is 11.9. The lowest BCUT2D eigenvalue weighted by Gasteiger charge is -2.30. The van der Waals surface area contributed by atoms with Gasteiger partial charge in [0.25, 0.3) is 5.91 Å². The minimum atomic E-state index is -0.558. The number of primary amides is 1. The van der Waals surface area contributed by atoms with Crippen LogP contribution in [0.1, 0.15) is 42.1 Å². The van der Waals surface area contributed by atoms with Crippen molar-refractivity contribution in [2.45, 2.75) is 25.8 Å². The normalized spacial score (nSPS) is 19.2. The number of amides is 1. The molecular formula is C12H16N2O3. The van der Waals surface area contributed by atoms with E-state index in [4.69, 9.17) is 10.2 Å². The molecule has 1 aromatic rings. The minimum absolute atomic E-state index is 0.0659. The number of hydrogen-bond donors (Lipinski definition) is 1. The zero-order chi connectivity index (χ0) is 12.4. The number of likely N-dealkylation sites (tertiary alicyclic amines) is 1. The second-order valence-electron chi connectivity index (χ2n) is 4.32. The highest BCUT2D eigenvalue weighted by Gasteiger charge is 2.24. The summed E-state index contributed by atoms with van der Waals surface area (Å²) in [6.07, 6.45) is 1.18. The molecule has 1 aliphatic rings. The second-order valence-corrected chi connectivity index (χ2v) is 4.32. The Balaban J connectivity index is 2.05. The Labute approximate surface area is 99.6 Å². The van der Waals surface area contributed by atoms with Gasteiger partial charge >= 0.3 is 0 Å². The van der Waals surface area contributed by atoms with Crippen LogP contribution >= 0.6 is 0 Å². The number of carbonyl (C=O) groups is 2. The highest BCUT2D eigenvalue weighted by molar-refractivity contribution is 5.89. The Morgan fingerprint density at radius 1 is 1.41 bits per heavy atom. The number of piperidine rings is 1. The van der Waals surface area contributed by atoms with E-state index in [-0.39, 0.29) is 11.8 Å². The van der Waals surface area contributed by atoms with Gasteiger partial charge in [-0.15, -0.1) is 0 Å². The number of Topliss-reactive ketones (excluding diaryl/α,β-unsaturated/α-hetero) is 1. The molecule has 92 valence electrons. The molecule has 1 aromatic heterocycles. The van der Waals surface area contributed by atoms with E-state index in [1.54, 1.807) is 12.1 Å². The van der Waals surface area contributed by atoms with Crippen molar-refractivity contribution in [1.29, 1.82) is 0 Å². The molecule has 1 fully saturated rings. The third kappa shape index (κ3) is 2.55. The molecule has 0 radical (unpaired) electrons. The van der Waals surface area contributed by atoms with Crippen LogP contribution in [0.5, 0.6) is 0 Å². The number of hydrogen-bond acceptors (Lipinski definition) is 4. The molecule has 0 aromatic carbocycles. The van der Waals surface area contributed by atoms with Crippen LogP contribution in [0.2, 0.25) is 0 Å². The molecule has 2 rings (SSSR count). The van der Waals surface area contributed by atoms with Gasteiger partial charge in [-0.3, -0.25) is 14.5 Å². The largest absolute Gasteiger partial charge is 0.454 e. The van der Waals surface area contributed by atoms with Gasteiger partial charge in [-0.1, -0.05) is 0 Å². The number of carbonyl (C=O) groups excluding carboxylic acids is 2. The molecule has 0 spiro atoms. The second kappa shape index (κ2) is 4.71. The van der Waals surface area contributed by atoms with Crippen LogP contribution in [0.25, 0.3) is 0 Å². The summed E-state index contributed by atoms with van der Waals surface area (Å²) in [7, 11) is 0. The molecule has 5 nitrogen and oxygen atoms in total. The third-order valence-corrected chi connectivity index (χ3v) is 3.18. The average Bonchev–Trinajstić information content (AvgIpc) is 2.78. The number of nitrogens with two attached hydrogens (primary N) is 1. The fourth-order valence-electron chi connectivity index (χ4n) is 2.05. The number of rotatable bonds is 3. The first-order valence-electron chi connectivity index (χ1n) is 5.73. The molecule has 1 atom stereocenters. The number of furan rings is 1. The van der Waals surface area contributed by atoms with E-state index in [0.29, 0.717) is 24.4 Å². The van der Waals surface area contributed by atoms with Crippen LogP contribution < -0.4 is 5.73 Å². The molecule has 2 heterocycles. The van der Waals surface area contributed by atoms with Gasteiger partial charge in [-0.05, 0) is 19.1 Å². The average molecular weight is 236 g/mol. The Bertz CT molecular complexity index is 429. The maximum atomic E-state index is 11.1. The molecule has 1 amide bonds. The number of ketones is 1. The molecule has 0 aliphatic carbocycles. The van der Waals surface area contributed by atoms with Gasteiger partial charge in [-0.25, -0.2) is 0 Å². The highest BCUT2D eigenvalue weighted by atomic mass is 16.4. The summed E-state index contributed by atoms with van der Waals surface area (Å²) < 4.78 is 5.39. The summed E-state index contributed by atoms with van der Waals surface area (Å²) in [5, 5.41) is 0. The van der Waals surface area contributed by atoms with E-state index in [1.807, 2.05) is 6.92 Å². The molecule has 0 bridgehead atoms. The van der Waals surface area contributed by atoms with E-state index in [0.717, 1.165) is 13.1 Å². The third-order valence-electron chi connectivity index (χ3n) is 3.18. The lowest BCUT2D eigenvalue weighted by atomic mass is 10.1. The zero-order valence-electron chi connectivity index (χ0n) is 9.81. The first-order chi connectivity index (χ1) is 8.08. The van der Waals surface area contributed by atoms with Crippen LogP contribution in [-0.4, -0.2) is 29.7 Å². The topological polar surface area (TPSA) is 76.5 Å². The summed E-state index contributed by atoms with van der Waals surface area (Å²) in [5.41, 5.74) is 5.13. The molecule has 17 heavy (non-hydrogen) atoms. The fraction of sp³-hybridized carbons (Fsp3) is 0.500. The number of nitrogens with zero attached hydrogens (tertiary/aromatic N) is 1. The Kier molecular flexibility index (Phi) is 3.28. The van der Waals surface area contributed by atoms with Gasteiger partial charge in [0, 0.05) is 25.9 Å². The van der Waals surface area contributed by atoms with Gasteiger partial charge in [0.15, 0.2) is 5.76 Å². The van der Waals surface area contributed by atoms with Gasteiger partial charge in [0.2, 0.25) is 0 Å². The van der Waals surface area contributed by atoms with Crippen LogP contribution in [0.15, 0.2) is 16.5 Å². The summed E-state index contributed by atoms with van der Waals surface area (Å²) >= 11 is 0. The quantitative estimate of drug-likeness (QED) is 0.852. The Morgan fingerprint density at radius 2 is 2.06 bits per heavy atom. The van der Waals surface area contributed by atoms with Crippen LogP contribution in [0.4, 0.5) is 0 Å². The lowest BCUT2D eigenvalue weighted by Crippen LogP contribution is -2.35. The maximum Gasteiger partial charge on any atom is 0.284 e. The van der Waals surface area contributed by atoms with E-state index in [9.17, 15) is 9.59 Å². The van der Waals surface area contributed by atoms with Crippen molar-refractivity contribution in [1.82, 2.24) is 4.90 Å². The van der Waals surface area contributed by atoms with Gasteiger partial charge in [-0.2, -0.15) is 0 Å². The predicted octanol–water partition coefficient (Wildman–Crippen LogP) is 1.10. The highest BCUT2D eigenvalue weighted by Crippen LogP contribution is 2.24. The zero-order valence-corrected chi connectivity index (χ0v) is 9.81. The lowest BCUT2D eigenvalue weighted by molar-refractivity contribution is -0.121. The van der Waals surface area contributed by atoms with Crippen LogP contribution in [-0.2, 0) is 4.79 Å². The monoisotopic (exact) mass is 236 g/mol. The van der Waals surface area contributed by atoms with E-state index in [1.165, 1.54) is 0 Å². The smallest absolute Gasteiger partial charge is 0.284 e. The standard InChI is InChI=1S/C12H16N2O3/c1-8(14-6-4-9(15)5-7-14)10-2-3-11(17-10)12(13)16/h2-3,8H,4-7H2,1H3,(H2,13,16). The molecule has 1 unspecified atom stereocenters. The van der Waals surface area contributed by atoms with Crippen molar-refractivity contribution >= 4 is 11.7 Å².